The molecule has 6 heteroatoms. The summed E-state index contributed by atoms with van der Waals surface area (Å²) in [6.45, 7) is 4.79. The fourth-order valence-electron chi connectivity index (χ4n) is 7.18. The van der Waals surface area contributed by atoms with Crippen molar-refractivity contribution in [2.45, 2.75) is 257 Å². The number of hydrogen-bond donors (Lipinski definition) is 3. The lowest BCUT2D eigenvalue weighted by Gasteiger charge is -2.20. The second-order valence-electron chi connectivity index (χ2n) is 16.8. The molecule has 58 heavy (non-hydrogen) atoms. The molecule has 338 valence electrons. The van der Waals surface area contributed by atoms with Gasteiger partial charge in [0.25, 0.3) is 0 Å². The lowest BCUT2D eigenvalue weighted by molar-refractivity contribution is -0.143. The van der Waals surface area contributed by atoms with Gasteiger partial charge in [-0.3, -0.25) is 9.59 Å². The molecule has 6 nitrogen and oxygen atoms in total. The first-order valence-corrected chi connectivity index (χ1v) is 24.9. The number of carbonyl (C=O) groups is 2. The van der Waals surface area contributed by atoms with Crippen molar-refractivity contribution < 1.29 is 24.5 Å². The molecule has 2 atom stereocenters. The number of aliphatic hydroxyl groups is 2. The maximum atomic E-state index is 12.4. The van der Waals surface area contributed by atoms with Gasteiger partial charge < -0.3 is 20.3 Å². The van der Waals surface area contributed by atoms with E-state index in [0.29, 0.717) is 19.4 Å². The van der Waals surface area contributed by atoms with Gasteiger partial charge >= 0.3 is 5.97 Å². The van der Waals surface area contributed by atoms with Crippen LogP contribution in [0.3, 0.4) is 0 Å². The van der Waals surface area contributed by atoms with Crippen LogP contribution in [0.15, 0.2) is 48.6 Å². The predicted molar refractivity (Wildman–Crippen MR) is 250 cm³/mol. The Labute approximate surface area is 359 Å². The third-order valence-corrected chi connectivity index (χ3v) is 11.1. The first-order valence-electron chi connectivity index (χ1n) is 24.9. The van der Waals surface area contributed by atoms with Crippen LogP contribution in [-0.4, -0.2) is 47.4 Å². The number of rotatable bonds is 45. The van der Waals surface area contributed by atoms with Crippen molar-refractivity contribution in [1.29, 1.82) is 0 Å². The molecule has 0 aliphatic heterocycles. The maximum Gasteiger partial charge on any atom is 0.305 e. The van der Waals surface area contributed by atoms with Crippen molar-refractivity contribution >= 4 is 11.9 Å². The van der Waals surface area contributed by atoms with E-state index in [1.807, 2.05) is 6.08 Å². The maximum absolute atomic E-state index is 12.4. The Bertz CT molecular complexity index is 988. The molecule has 0 aromatic heterocycles. The molecule has 0 rings (SSSR count). The molecule has 0 bridgehead atoms. The van der Waals surface area contributed by atoms with E-state index in [1.165, 1.54) is 141 Å². The number of unbranched alkanes of at least 4 members (excludes halogenated alkanes) is 28. The molecule has 0 fully saturated rings. The van der Waals surface area contributed by atoms with Crippen LogP contribution < -0.4 is 5.32 Å². The normalized spacial score (nSPS) is 13.1. The number of aliphatic hydroxyl groups excluding tert-OH is 2. The fraction of sp³-hybridized carbons (Fsp3) is 0.808. The van der Waals surface area contributed by atoms with E-state index < -0.39 is 12.1 Å². The minimum absolute atomic E-state index is 0.0204. The Kier molecular flexibility index (Phi) is 45.7. The zero-order chi connectivity index (χ0) is 42.3. The topological polar surface area (TPSA) is 95.9 Å². The van der Waals surface area contributed by atoms with E-state index in [9.17, 15) is 19.8 Å². The molecule has 0 aromatic carbocycles. The Hall–Kier alpha value is -2.18. The standard InChI is InChI=1S/C52H95NO5/c1-3-5-7-9-11-13-14-15-16-17-20-23-26-30-34-38-42-46-52(57)58-47-43-39-35-31-27-24-21-18-19-22-25-29-33-37-41-45-51(56)53-49(48-54)50(55)44-40-36-32-28-12-10-8-6-4-2/h11,13,15-16,21,24,40,44,49-50,54-55H,3-10,12,14,17-20,22-23,25-39,41-43,45-48H2,1-2H3,(H,53,56)/b13-11-,16-15-,24-21-,44-40+. The summed E-state index contributed by atoms with van der Waals surface area (Å²) in [5, 5.41) is 22.9. The van der Waals surface area contributed by atoms with Gasteiger partial charge in [-0.05, 0) is 89.9 Å². The second-order valence-corrected chi connectivity index (χ2v) is 16.8. The van der Waals surface area contributed by atoms with Crippen LogP contribution >= 0.6 is 0 Å². The average molecular weight is 814 g/mol. The van der Waals surface area contributed by atoms with Crippen LogP contribution in [0.5, 0.6) is 0 Å². The van der Waals surface area contributed by atoms with Gasteiger partial charge in [-0.2, -0.15) is 0 Å². The van der Waals surface area contributed by atoms with Crippen molar-refractivity contribution in [3.05, 3.63) is 48.6 Å². The Balaban J connectivity index is 3.49. The summed E-state index contributed by atoms with van der Waals surface area (Å²) in [5.41, 5.74) is 0. The highest BCUT2D eigenvalue weighted by Crippen LogP contribution is 2.14. The summed E-state index contributed by atoms with van der Waals surface area (Å²) in [4.78, 5) is 24.4. The van der Waals surface area contributed by atoms with Crippen molar-refractivity contribution in [3.63, 3.8) is 0 Å². The third kappa shape index (κ3) is 43.4. The average Bonchev–Trinajstić information content (AvgIpc) is 3.22. The molecule has 0 radical (unpaired) electrons. The number of nitrogens with one attached hydrogen (secondary N) is 1. The Morgan fingerprint density at radius 1 is 0.483 bits per heavy atom. The molecule has 3 N–H and O–H groups in total. The molecular formula is C52H95NO5. The van der Waals surface area contributed by atoms with Crippen LogP contribution in [-0.2, 0) is 14.3 Å². The SMILES string of the molecule is CCCCC/C=C\C/C=C\CCCCCCCCCC(=O)OCCCCCC/C=C\CCCCCCCCCC(=O)NC(CO)C(O)/C=C/CCCCCCCCC. The van der Waals surface area contributed by atoms with Gasteiger partial charge in [-0.15, -0.1) is 0 Å². The summed E-state index contributed by atoms with van der Waals surface area (Å²) in [6.07, 6.45) is 58.3. The molecule has 0 heterocycles. The minimum Gasteiger partial charge on any atom is -0.466 e. The highest BCUT2D eigenvalue weighted by atomic mass is 16.5. The Morgan fingerprint density at radius 3 is 1.36 bits per heavy atom. The number of amides is 1. The first kappa shape index (κ1) is 55.8. The molecule has 0 aliphatic carbocycles. The van der Waals surface area contributed by atoms with Gasteiger partial charge in [-0.25, -0.2) is 0 Å². The first-order chi connectivity index (χ1) is 28.5. The van der Waals surface area contributed by atoms with Gasteiger partial charge in [0.05, 0.1) is 25.4 Å². The molecule has 2 unspecified atom stereocenters. The lowest BCUT2D eigenvalue weighted by atomic mass is 10.1. The van der Waals surface area contributed by atoms with Crippen molar-refractivity contribution in [1.82, 2.24) is 5.32 Å². The monoisotopic (exact) mass is 814 g/mol. The molecular weight excluding hydrogens is 719 g/mol. The number of allylic oxidation sites excluding steroid dienone is 7. The van der Waals surface area contributed by atoms with Gasteiger partial charge in [0.15, 0.2) is 0 Å². The van der Waals surface area contributed by atoms with Crippen molar-refractivity contribution in [2.75, 3.05) is 13.2 Å². The number of hydrogen-bond acceptors (Lipinski definition) is 5. The van der Waals surface area contributed by atoms with Crippen LogP contribution in [0.25, 0.3) is 0 Å². The van der Waals surface area contributed by atoms with Crippen LogP contribution in [0, 0.1) is 0 Å². The van der Waals surface area contributed by atoms with Gasteiger partial charge in [0.2, 0.25) is 5.91 Å². The van der Waals surface area contributed by atoms with Crippen LogP contribution in [0.4, 0.5) is 0 Å². The van der Waals surface area contributed by atoms with Crippen LogP contribution in [0.2, 0.25) is 0 Å². The molecule has 0 aliphatic rings. The van der Waals surface area contributed by atoms with Crippen molar-refractivity contribution in [3.8, 4) is 0 Å². The highest BCUT2D eigenvalue weighted by Gasteiger charge is 2.18. The van der Waals surface area contributed by atoms with E-state index in [0.717, 1.165) is 77.0 Å². The van der Waals surface area contributed by atoms with Gasteiger partial charge in [-0.1, -0.05) is 191 Å². The summed E-state index contributed by atoms with van der Waals surface area (Å²) in [7, 11) is 0. The zero-order valence-electron chi connectivity index (χ0n) is 38.3. The summed E-state index contributed by atoms with van der Waals surface area (Å²) < 4.78 is 5.45. The van der Waals surface area contributed by atoms with E-state index >= 15 is 0 Å². The van der Waals surface area contributed by atoms with E-state index in [-0.39, 0.29) is 18.5 Å². The predicted octanol–water partition coefficient (Wildman–Crippen LogP) is 14.7. The minimum atomic E-state index is -0.853. The zero-order valence-corrected chi connectivity index (χ0v) is 38.3. The molecule has 0 spiro atoms. The molecule has 0 aromatic rings. The van der Waals surface area contributed by atoms with E-state index in [2.05, 4.69) is 55.6 Å². The Morgan fingerprint density at radius 2 is 0.862 bits per heavy atom. The highest BCUT2D eigenvalue weighted by molar-refractivity contribution is 5.76. The molecule has 0 saturated heterocycles. The third-order valence-electron chi connectivity index (χ3n) is 11.1. The van der Waals surface area contributed by atoms with E-state index in [4.69, 9.17) is 4.74 Å². The lowest BCUT2D eigenvalue weighted by Crippen LogP contribution is -2.45. The number of ether oxygens (including phenoxy) is 1. The smallest absolute Gasteiger partial charge is 0.305 e. The van der Waals surface area contributed by atoms with Gasteiger partial charge in [0.1, 0.15) is 0 Å². The molecule has 1 amide bonds. The number of carbonyl (C=O) groups excluding carboxylic acids is 2. The van der Waals surface area contributed by atoms with Crippen LogP contribution in [0.1, 0.15) is 245 Å². The van der Waals surface area contributed by atoms with E-state index in [1.54, 1.807) is 6.08 Å². The number of esters is 1. The second kappa shape index (κ2) is 47.5. The summed E-state index contributed by atoms with van der Waals surface area (Å²) in [5.74, 6) is -0.108. The van der Waals surface area contributed by atoms with Crippen molar-refractivity contribution in [2.24, 2.45) is 0 Å². The van der Waals surface area contributed by atoms with Gasteiger partial charge in [0, 0.05) is 12.8 Å². The summed E-state index contributed by atoms with van der Waals surface area (Å²) in [6, 6.07) is -0.638. The molecule has 0 saturated carbocycles. The summed E-state index contributed by atoms with van der Waals surface area (Å²) >= 11 is 0. The quantitative estimate of drug-likeness (QED) is 0.0323. The fourth-order valence-corrected chi connectivity index (χ4v) is 7.18. The largest absolute Gasteiger partial charge is 0.466 e.